The van der Waals surface area contributed by atoms with Gasteiger partial charge in [-0.1, -0.05) is 6.42 Å². The van der Waals surface area contributed by atoms with Crippen LogP contribution in [0.25, 0.3) is 0 Å². The molecule has 2 heterocycles. The van der Waals surface area contributed by atoms with Crippen LogP contribution in [-0.4, -0.2) is 20.8 Å². The molecule has 0 bridgehead atoms. The first-order valence-corrected chi connectivity index (χ1v) is 5.57. The first kappa shape index (κ1) is 8.41. The van der Waals surface area contributed by atoms with Gasteiger partial charge in [0.05, 0.1) is 6.04 Å². The molecule has 1 atom stereocenters. The Balaban J connectivity index is 1.74. The molecule has 4 nitrogen and oxygen atoms in total. The van der Waals surface area contributed by atoms with E-state index in [9.17, 15) is 0 Å². The predicted molar refractivity (Wildman–Crippen MR) is 52.8 cm³/mol. The normalized spacial score (nSPS) is 27.0. The van der Waals surface area contributed by atoms with Crippen LogP contribution in [-0.2, 0) is 6.54 Å². The fourth-order valence-electron chi connectivity index (χ4n) is 2.31. The van der Waals surface area contributed by atoms with Crippen molar-refractivity contribution in [2.24, 2.45) is 0 Å². The summed E-state index contributed by atoms with van der Waals surface area (Å²) in [5, 5.41) is 7.90. The van der Waals surface area contributed by atoms with Gasteiger partial charge in [0, 0.05) is 12.6 Å². The fourth-order valence-corrected chi connectivity index (χ4v) is 2.31. The molecular weight excluding hydrogens is 176 g/mol. The lowest BCUT2D eigenvalue weighted by atomic mass is 9.91. The molecule has 1 saturated carbocycles. The van der Waals surface area contributed by atoms with Crippen LogP contribution in [0.5, 0.6) is 0 Å². The zero-order chi connectivity index (χ0) is 9.38. The lowest BCUT2D eigenvalue weighted by molar-refractivity contribution is 0.267. The summed E-state index contributed by atoms with van der Waals surface area (Å²) in [5.41, 5.74) is 0. The standard InChI is InChI=1S/C10H16N4/c1-3-8(4-1)13-9-5-2-6-14-10(9)11-7-12-14/h7-9,13H,1-6H2. The van der Waals surface area contributed by atoms with Crippen LogP contribution < -0.4 is 5.32 Å². The number of rotatable bonds is 2. The van der Waals surface area contributed by atoms with Crippen molar-refractivity contribution in [1.82, 2.24) is 20.1 Å². The quantitative estimate of drug-likeness (QED) is 0.767. The average Bonchev–Trinajstić information content (AvgIpc) is 2.59. The molecule has 4 heteroatoms. The van der Waals surface area contributed by atoms with Crippen molar-refractivity contribution in [3.63, 3.8) is 0 Å². The molecule has 14 heavy (non-hydrogen) atoms. The Bertz CT molecular complexity index is 316. The molecule has 1 aromatic heterocycles. The van der Waals surface area contributed by atoms with Gasteiger partial charge < -0.3 is 5.32 Å². The number of hydrogen-bond donors (Lipinski definition) is 1. The Morgan fingerprint density at radius 2 is 2.21 bits per heavy atom. The summed E-state index contributed by atoms with van der Waals surface area (Å²) in [6.45, 7) is 1.04. The molecule has 2 aliphatic rings. The molecule has 1 fully saturated rings. The second-order valence-corrected chi connectivity index (χ2v) is 4.33. The third kappa shape index (κ3) is 1.34. The molecule has 0 saturated heterocycles. The van der Waals surface area contributed by atoms with Crippen LogP contribution in [0.4, 0.5) is 0 Å². The van der Waals surface area contributed by atoms with Gasteiger partial charge in [-0.15, -0.1) is 0 Å². The molecular formula is C10H16N4. The van der Waals surface area contributed by atoms with Crippen LogP contribution in [0.2, 0.25) is 0 Å². The first-order valence-electron chi connectivity index (χ1n) is 5.57. The number of aromatic nitrogens is 3. The van der Waals surface area contributed by atoms with Crippen LogP contribution in [0.1, 0.15) is 44.0 Å². The molecule has 0 amide bonds. The maximum atomic E-state index is 4.34. The Morgan fingerprint density at radius 3 is 3.00 bits per heavy atom. The van der Waals surface area contributed by atoms with Gasteiger partial charge in [0.1, 0.15) is 12.2 Å². The van der Waals surface area contributed by atoms with E-state index in [2.05, 4.69) is 15.4 Å². The Hall–Kier alpha value is -0.900. The zero-order valence-corrected chi connectivity index (χ0v) is 8.32. The van der Waals surface area contributed by atoms with E-state index in [1.165, 1.54) is 32.1 Å². The molecule has 1 N–H and O–H groups in total. The molecule has 0 aromatic carbocycles. The number of fused-ring (bicyclic) bond motifs is 1. The second kappa shape index (κ2) is 3.35. The van der Waals surface area contributed by atoms with E-state index >= 15 is 0 Å². The maximum absolute atomic E-state index is 4.34. The molecule has 1 aromatic rings. The summed E-state index contributed by atoms with van der Waals surface area (Å²) in [7, 11) is 0. The third-order valence-corrected chi connectivity index (χ3v) is 3.36. The van der Waals surface area contributed by atoms with Gasteiger partial charge in [0.2, 0.25) is 0 Å². The monoisotopic (exact) mass is 192 g/mol. The first-order chi connectivity index (χ1) is 6.93. The minimum absolute atomic E-state index is 0.455. The van der Waals surface area contributed by atoms with Gasteiger partial charge in [0.15, 0.2) is 0 Å². The lowest BCUT2D eigenvalue weighted by Crippen LogP contribution is -2.40. The number of nitrogens with one attached hydrogen (secondary N) is 1. The van der Waals surface area contributed by atoms with Crippen LogP contribution >= 0.6 is 0 Å². The van der Waals surface area contributed by atoms with Gasteiger partial charge in [-0.2, -0.15) is 5.10 Å². The van der Waals surface area contributed by atoms with Crippen molar-refractivity contribution in [3.8, 4) is 0 Å². The molecule has 0 radical (unpaired) electrons. The highest BCUT2D eigenvalue weighted by atomic mass is 15.3. The number of aryl methyl sites for hydroxylation is 1. The van der Waals surface area contributed by atoms with Gasteiger partial charge in [-0.25, -0.2) is 9.67 Å². The number of nitrogens with zero attached hydrogens (tertiary/aromatic N) is 3. The third-order valence-electron chi connectivity index (χ3n) is 3.36. The smallest absolute Gasteiger partial charge is 0.143 e. The summed E-state index contributed by atoms with van der Waals surface area (Å²) >= 11 is 0. The molecule has 1 aliphatic carbocycles. The summed E-state index contributed by atoms with van der Waals surface area (Å²) in [6, 6.07) is 1.19. The molecule has 76 valence electrons. The van der Waals surface area contributed by atoms with Gasteiger partial charge in [-0.3, -0.25) is 0 Å². The molecule has 1 aliphatic heterocycles. The molecule has 1 unspecified atom stereocenters. The van der Waals surface area contributed by atoms with E-state index < -0.39 is 0 Å². The average molecular weight is 192 g/mol. The summed E-state index contributed by atoms with van der Waals surface area (Å²) in [4.78, 5) is 4.34. The summed E-state index contributed by atoms with van der Waals surface area (Å²) < 4.78 is 2.04. The Kier molecular flexibility index (Phi) is 2.01. The van der Waals surface area contributed by atoms with Crippen molar-refractivity contribution < 1.29 is 0 Å². The highest BCUT2D eigenvalue weighted by molar-refractivity contribution is 4.99. The Labute approximate surface area is 83.7 Å². The fraction of sp³-hybridized carbons (Fsp3) is 0.800. The predicted octanol–water partition coefficient (Wildman–Crippen LogP) is 1.26. The van der Waals surface area contributed by atoms with Crippen LogP contribution in [0.15, 0.2) is 6.33 Å². The van der Waals surface area contributed by atoms with Gasteiger partial charge >= 0.3 is 0 Å². The summed E-state index contributed by atoms with van der Waals surface area (Å²) in [5.74, 6) is 1.14. The van der Waals surface area contributed by atoms with Crippen molar-refractivity contribution >= 4 is 0 Å². The number of hydrogen-bond acceptors (Lipinski definition) is 3. The van der Waals surface area contributed by atoms with E-state index in [0.29, 0.717) is 6.04 Å². The van der Waals surface area contributed by atoms with E-state index in [1.807, 2.05) is 4.68 Å². The van der Waals surface area contributed by atoms with Crippen molar-refractivity contribution in [2.45, 2.75) is 50.7 Å². The van der Waals surface area contributed by atoms with E-state index in [4.69, 9.17) is 0 Å². The van der Waals surface area contributed by atoms with Gasteiger partial charge in [0.25, 0.3) is 0 Å². The molecule has 0 spiro atoms. The van der Waals surface area contributed by atoms with Gasteiger partial charge in [-0.05, 0) is 25.7 Å². The largest absolute Gasteiger partial charge is 0.305 e. The second-order valence-electron chi connectivity index (χ2n) is 4.33. The topological polar surface area (TPSA) is 42.7 Å². The maximum Gasteiger partial charge on any atom is 0.143 e. The van der Waals surface area contributed by atoms with E-state index in [-0.39, 0.29) is 0 Å². The zero-order valence-electron chi connectivity index (χ0n) is 8.32. The minimum atomic E-state index is 0.455. The van der Waals surface area contributed by atoms with Crippen LogP contribution in [0, 0.1) is 0 Å². The summed E-state index contributed by atoms with van der Waals surface area (Å²) in [6.07, 6.45) is 8.18. The molecule has 3 rings (SSSR count). The van der Waals surface area contributed by atoms with Crippen molar-refractivity contribution in [1.29, 1.82) is 0 Å². The van der Waals surface area contributed by atoms with E-state index in [1.54, 1.807) is 6.33 Å². The SMILES string of the molecule is c1nc2n(n1)CCCC2NC1CCC1. The van der Waals surface area contributed by atoms with E-state index in [0.717, 1.165) is 18.4 Å². The lowest BCUT2D eigenvalue weighted by Gasteiger charge is -2.32. The highest BCUT2D eigenvalue weighted by Crippen LogP contribution is 2.27. The van der Waals surface area contributed by atoms with Crippen molar-refractivity contribution in [3.05, 3.63) is 12.2 Å². The highest BCUT2D eigenvalue weighted by Gasteiger charge is 2.26. The van der Waals surface area contributed by atoms with Crippen LogP contribution in [0.3, 0.4) is 0 Å². The van der Waals surface area contributed by atoms with Crippen molar-refractivity contribution in [2.75, 3.05) is 0 Å². The minimum Gasteiger partial charge on any atom is -0.305 e. The Morgan fingerprint density at radius 1 is 1.29 bits per heavy atom.